The third kappa shape index (κ3) is 4.74. The summed E-state index contributed by atoms with van der Waals surface area (Å²) in [5.41, 5.74) is 6.98. The van der Waals surface area contributed by atoms with E-state index in [4.69, 9.17) is 10.7 Å². The van der Waals surface area contributed by atoms with Crippen molar-refractivity contribution in [3.8, 4) is 0 Å². The zero-order valence-electron chi connectivity index (χ0n) is 17.5. The van der Waals surface area contributed by atoms with Crippen molar-refractivity contribution < 1.29 is 9.59 Å². The molecule has 0 radical (unpaired) electrons. The number of fused-ring (bicyclic) bond motifs is 1. The van der Waals surface area contributed by atoms with Gasteiger partial charge in [0.25, 0.3) is 5.91 Å². The Bertz CT molecular complexity index is 706. The van der Waals surface area contributed by atoms with E-state index in [-0.39, 0.29) is 11.8 Å². The Morgan fingerprint density at radius 1 is 1.18 bits per heavy atom. The first-order valence-electron chi connectivity index (χ1n) is 10.7. The number of nitrogens with two attached hydrogens (primary N) is 1. The second-order valence-electron chi connectivity index (χ2n) is 8.90. The number of primary amides is 1. The van der Waals surface area contributed by atoms with Gasteiger partial charge in [-0.1, -0.05) is 33.1 Å². The Morgan fingerprint density at radius 2 is 1.89 bits per heavy atom. The molecule has 0 saturated heterocycles. The molecule has 1 fully saturated rings. The Hall–Kier alpha value is -1.89. The lowest BCUT2D eigenvalue weighted by molar-refractivity contribution is -0.120. The molecule has 1 unspecified atom stereocenters. The third-order valence-corrected chi connectivity index (χ3v) is 5.98. The summed E-state index contributed by atoms with van der Waals surface area (Å²) in [6.07, 6.45) is 7.62. The smallest absolute Gasteiger partial charge is 0.272 e. The molecule has 1 aliphatic heterocycles. The van der Waals surface area contributed by atoms with Crippen molar-refractivity contribution >= 4 is 11.8 Å². The van der Waals surface area contributed by atoms with Crippen LogP contribution in [0.4, 0.5) is 0 Å². The van der Waals surface area contributed by atoms with Crippen molar-refractivity contribution in [2.24, 2.45) is 11.7 Å². The molecule has 2 aliphatic rings. The average Bonchev–Trinajstić information content (AvgIpc) is 2.88. The minimum absolute atomic E-state index is 0.265. The molecular weight excluding hydrogens is 354 g/mol. The summed E-state index contributed by atoms with van der Waals surface area (Å²) < 4.78 is 2.29. The summed E-state index contributed by atoms with van der Waals surface area (Å²) in [6, 6.07) is -0.661. The molecule has 156 valence electrons. The summed E-state index contributed by atoms with van der Waals surface area (Å²) in [7, 11) is 2.08. The normalized spacial score (nSPS) is 19.9. The molecule has 2 amide bonds. The standard InChI is InChI=1S/C21H35N5O2/c1-14(2)12-16(19(22)27)23-21(28)18-17-13-25(3)10-7-11-26(17)20(24-18)15-8-5-4-6-9-15/h14-16H,4-13H2,1-3H3,(H2,22,27)(H,23,28). The maximum Gasteiger partial charge on any atom is 0.272 e. The van der Waals surface area contributed by atoms with Crippen LogP contribution >= 0.6 is 0 Å². The van der Waals surface area contributed by atoms with Crippen molar-refractivity contribution in [1.82, 2.24) is 19.8 Å². The number of rotatable bonds is 6. The number of nitrogens with one attached hydrogen (secondary N) is 1. The molecule has 1 aromatic heterocycles. The molecule has 0 aromatic carbocycles. The first-order valence-corrected chi connectivity index (χ1v) is 10.7. The first-order chi connectivity index (χ1) is 13.4. The fourth-order valence-corrected chi connectivity index (χ4v) is 4.55. The molecule has 1 saturated carbocycles. The van der Waals surface area contributed by atoms with E-state index in [9.17, 15) is 9.59 Å². The molecule has 3 rings (SSSR count). The lowest BCUT2D eigenvalue weighted by atomic mass is 9.88. The van der Waals surface area contributed by atoms with Crippen LogP contribution in [0.15, 0.2) is 0 Å². The molecule has 7 nitrogen and oxygen atoms in total. The van der Waals surface area contributed by atoms with Crippen molar-refractivity contribution in [1.29, 1.82) is 0 Å². The number of imidazole rings is 1. The second kappa shape index (κ2) is 9.07. The van der Waals surface area contributed by atoms with Crippen LogP contribution in [-0.2, 0) is 17.9 Å². The van der Waals surface area contributed by atoms with Gasteiger partial charge in [-0.3, -0.25) is 9.59 Å². The molecule has 1 atom stereocenters. The molecule has 1 aliphatic carbocycles. The highest BCUT2D eigenvalue weighted by Crippen LogP contribution is 2.34. The van der Waals surface area contributed by atoms with E-state index in [0.717, 1.165) is 43.9 Å². The highest BCUT2D eigenvalue weighted by atomic mass is 16.2. The maximum absolute atomic E-state index is 13.1. The van der Waals surface area contributed by atoms with Gasteiger partial charge < -0.3 is 20.5 Å². The summed E-state index contributed by atoms with van der Waals surface area (Å²) in [6.45, 7) is 6.64. The van der Waals surface area contributed by atoms with Crippen LogP contribution in [-0.4, -0.2) is 45.9 Å². The van der Waals surface area contributed by atoms with Crippen LogP contribution in [0.5, 0.6) is 0 Å². The predicted octanol–water partition coefficient (Wildman–Crippen LogP) is 2.40. The fourth-order valence-electron chi connectivity index (χ4n) is 4.55. The number of hydrogen-bond donors (Lipinski definition) is 2. The Kier molecular flexibility index (Phi) is 6.75. The monoisotopic (exact) mass is 389 g/mol. The fraction of sp³-hybridized carbons (Fsp3) is 0.762. The number of hydrogen-bond acceptors (Lipinski definition) is 4. The van der Waals surface area contributed by atoms with Crippen LogP contribution in [0.25, 0.3) is 0 Å². The van der Waals surface area contributed by atoms with Crippen molar-refractivity contribution in [3.63, 3.8) is 0 Å². The minimum Gasteiger partial charge on any atom is -0.368 e. The summed E-state index contributed by atoms with van der Waals surface area (Å²) in [4.78, 5) is 32.0. The topological polar surface area (TPSA) is 93.2 Å². The van der Waals surface area contributed by atoms with Crippen molar-refractivity contribution in [2.75, 3.05) is 13.6 Å². The van der Waals surface area contributed by atoms with Gasteiger partial charge in [-0.2, -0.15) is 0 Å². The van der Waals surface area contributed by atoms with E-state index >= 15 is 0 Å². The van der Waals surface area contributed by atoms with E-state index < -0.39 is 11.9 Å². The van der Waals surface area contributed by atoms with E-state index in [1.54, 1.807) is 0 Å². The molecular formula is C21H35N5O2. The van der Waals surface area contributed by atoms with Crippen LogP contribution in [0, 0.1) is 5.92 Å². The van der Waals surface area contributed by atoms with Crippen molar-refractivity contribution in [2.45, 2.75) is 83.8 Å². The van der Waals surface area contributed by atoms with Crippen LogP contribution in [0.3, 0.4) is 0 Å². The van der Waals surface area contributed by atoms with E-state index in [0.29, 0.717) is 24.6 Å². The van der Waals surface area contributed by atoms with Gasteiger partial charge in [0.15, 0.2) is 5.69 Å². The van der Waals surface area contributed by atoms with E-state index in [1.165, 1.54) is 19.3 Å². The predicted molar refractivity (Wildman–Crippen MR) is 109 cm³/mol. The van der Waals surface area contributed by atoms with Crippen molar-refractivity contribution in [3.05, 3.63) is 17.2 Å². The third-order valence-electron chi connectivity index (χ3n) is 5.98. The van der Waals surface area contributed by atoms with E-state index in [2.05, 4.69) is 21.8 Å². The lowest BCUT2D eigenvalue weighted by Crippen LogP contribution is -2.45. The SMILES string of the molecule is CC(C)CC(NC(=O)c1nc(C2CCCCC2)n2c1CN(C)CCC2)C(N)=O. The van der Waals surface area contributed by atoms with Gasteiger partial charge in [0.2, 0.25) is 5.91 Å². The first kappa shape index (κ1) is 20.8. The molecule has 0 bridgehead atoms. The molecule has 2 heterocycles. The van der Waals surface area contributed by atoms with Gasteiger partial charge in [-0.05, 0) is 45.2 Å². The largest absolute Gasteiger partial charge is 0.368 e. The van der Waals surface area contributed by atoms with Crippen LogP contribution < -0.4 is 11.1 Å². The summed E-state index contributed by atoms with van der Waals surface area (Å²) in [5, 5.41) is 2.86. The number of aromatic nitrogens is 2. The number of carbonyl (C=O) groups excluding carboxylic acids is 2. The Labute approximate surface area is 168 Å². The molecule has 1 aromatic rings. The number of carbonyl (C=O) groups is 2. The van der Waals surface area contributed by atoms with Gasteiger partial charge in [-0.15, -0.1) is 0 Å². The van der Waals surface area contributed by atoms with Gasteiger partial charge >= 0.3 is 0 Å². The maximum atomic E-state index is 13.1. The average molecular weight is 390 g/mol. The Morgan fingerprint density at radius 3 is 2.54 bits per heavy atom. The molecule has 3 N–H and O–H groups in total. The van der Waals surface area contributed by atoms with Crippen LogP contribution in [0.1, 0.15) is 86.7 Å². The van der Waals surface area contributed by atoms with Gasteiger partial charge in [0.1, 0.15) is 11.9 Å². The highest BCUT2D eigenvalue weighted by molar-refractivity contribution is 5.96. The minimum atomic E-state index is -0.661. The van der Waals surface area contributed by atoms with Gasteiger partial charge in [-0.25, -0.2) is 4.98 Å². The van der Waals surface area contributed by atoms with E-state index in [1.807, 2.05) is 13.8 Å². The zero-order chi connectivity index (χ0) is 20.3. The molecule has 7 heteroatoms. The number of nitrogens with zero attached hydrogens (tertiary/aromatic N) is 3. The summed E-state index contributed by atoms with van der Waals surface area (Å²) in [5.74, 6) is 0.998. The lowest BCUT2D eigenvalue weighted by Gasteiger charge is -2.22. The highest BCUT2D eigenvalue weighted by Gasteiger charge is 2.31. The molecule has 0 spiro atoms. The molecule has 28 heavy (non-hydrogen) atoms. The van der Waals surface area contributed by atoms with Crippen LogP contribution in [0.2, 0.25) is 0 Å². The summed E-state index contributed by atoms with van der Waals surface area (Å²) >= 11 is 0. The second-order valence-corrected chi connectivity index (χ2v) is 8.90. The van der Waals surface area contributed by atoms with Gasteiger partial charge in [0, 0.05) is 19.0 Å². The number of amides is 2. The van der Waals surface area contributed by atoms with Gasteiger partial charge in [0.05, 0.1) is 5.69 Å². The Balaban J connectivity index is 1.91. The quantitative estimate of drug-likeness (QED) is 0.781. The zero-order valence-corrected chi connectivity index (χ0v) is 17.5.